The molecule has 1 aliphatic rings. The Morgan fingerprint density at radius 1 is 1.21 bits per heavy atom. The second-order valence-electron chi connectivity index (χ2n) is 7.19. The number of imidazole rings is 1. The standard InChI is InChI=1S/C18H18N5O10P/c19-15-14-16(21-6-20-15)23(7-22-14)13-4-11(24)12(32-13)5-31-34(29,30)33-8-1-2-9(17(25)26)10(3-8)18(27)28/h1-3,6-7,11-13,24H,4-5H2,(H,25,26)(H,27,28)(H,29,30)(H2,19,20,21)/t11-,12+,13+/m0/s1. The number of nitrogens with two attached hydrogens (primary N) is 1. The molecule has 15 nitrogen and oxygen atoms in total. The molecule has 3 aromatic rings. The summed E-state index contributed by atoms with van der Waals surface area (Å²) < 4.78 is 29.3. The fourth-order valence-electron chi connectivity index (χ4n) is 3.39. The van der Waals surface area contributed by atoms with E-state index in [1.165, 1.54) is 17.2 Å². The number of rotatable bonds is 8. The molecule has 0 spiro atoms. The number of carboxylic acid groups (broad SMARTS) is 2. The number of phosphoric ester groups is 1. The van der Waals surface area contributed by atoms with Crippen LogP contribution < -0.4 is 10.3 Å². The summed E-state index contributed by atoms with van der Waals surface area (Å²) in [6.07, 6.45) is -0.0520. The van der Waals surface area contributed by atoms with E-state index in [1.54, 1.807) is 0 Å². The third kappa shape index (κ3) is 4.69. The first-order chi connectivity index (χ1) is 16.1. The maximum absolute atomic E-state index is 12.3. The van der Waals surface area contributed by atoms with Crippen molar-refractivity contribution < 1.29 is 48.2 Å². The molecule has 4 rings (SSSR count). The lowest BCUT2D eigenvalue weighted by Gasteiger charge is -2.18. The van der Waals surface area contributed by atoms with Crippen LogP contribution in [-0.2, 0) is 13.8 Å². The number of hydrogen-bond donors (Lipinski definition) is 5. The van der Waals surface area contributed by atoms with Crippen LogP contribution in [0.2, 0.25) is 0 Å². The van der Waals surface area contributed by atoms with Crippen LogP contribution in [0.15, 0.2) is 30.9 Å². The van der Waals surface area contributed by atoms with Crippen LogP contribution in [0.4, 0.5) is 5.82 Å². The average molecular weight is 495 g/mol. The lowest BCUT2D eigenvalue weighted by Crippen LogP contribution is -2.26. The molecule has 6 N–H and O–H groups in total. The van der Waals surface area contributed by atoms with Crippen molar-refractivity contribution in [3.8, 4) is 5.75 Å². The third-order valence-corrected chi connectivity index (χ3v) is 5.89. The second kappa shape index (κ2) is 8.96. The predicted molar refractivity (Wildman–Crippen MR) is 111 cm³/mol. The molecular weight excluding hydrogens is 477 g/mol. The topological polar surface area (TPSA) is 229 Å². The minimum absolute atomic E-state index is 0.0958. The van der Waals surface area contributed by atoms with Gasteiger partial charge in [0.05, 0.1) is 30.2 Å². The monoisotopic (exact) mass is 495 g/mol. The van der Waals surface area contributed by atoms with Gasteiger partial charge in [0.25, 0.3) is 0 Å². The first-order valence-corrected chi connectivity index (χ1v) is 11.1. The Morgan fingerprint density at radius 3 is 2.65 bits per heavy atom. The van der Waals surface area contributed by atoms with Gasteiger partial charge in [0.15, 0.2) is 11.5 Å². The van der Waals surface area contributed by atoms with Crippen LogP contribution in [0.3, 0.4) is 0 Å². The molecular formula is C18H18N5O10P. The number of anilines is 1. The van der Waals surface area contributed by atoms with Crippen molar-refractivity contribution in [1.29, 1.82) is 0 Å². The number of ether oxygens (including phenoxy) is 1. The summed E-state index contributed by atoms with van der Waals surface area (Å²) in [7, 11) is -4.80. The van der Waals surface area contributed by atoms with Gasteiger partial charge in [0.1, 0.15) is 29.9 Å². The maximum Gasteiger partial charge on any atom is 0.527 e. The summed E-state index contributed by atoms with van der Waals surface area (Å²) >= 11 is 0. The van der Waals surface area contributed by atoms with Crippen molar-refractivity contribution >= 4 is 36.7 Å². The molecule has 34 heavy (non-hydrogen) atoms. The average Bonchev–Trinajstić information content (AvgIpc) is 3.36. The number of nitrogens with zero attached hydrogens (tertiary/aromatic N) is 4. The fraction of sp³-hybridized carbons (Fsp3) is 0.278. The first-order valence-electron chi connectivity index (χ1n) is 9.60. The van der Waals surface area contributed by atoms with E-state index in [1.807, 2.05) is 0 Å². The molecule has 0 radical (unpaired) electrons. The molecule has 4 atom stereocenters. The molecule has 1 saturated heterocycles. The molecule has 0 bridgehead atoms. The van der Waals surface area contributed by atoms with Crippen molar-refractivity contribution in [2.45, 2.75) is 24.9 Å². The van der Waals surface area contributed by atoms with Gasteiger partial charge in [-0.1, -0.05) is 0 Å². The van der Waals surface area contributed by atoms with Gasteiger partial charge < -0.3 is 30.3 Å². The molecule has 0 aliphatic carbocycles. The van der Waals surface area contributed by atoms with Gasteiger partial charge in [0, 0.05) is 6.42 Å². The number of nitrogen functional groups attached to an aromatic ring is 1. The van der Waals surface area contributed by atoms with E-state index in [0.717, 1.165) is 18.2 Å². The summed E-state index contributed by atoms with van der Waals surface area (Å²) in [6, 6.07) is 2.71. The normalized spacial score (nSPS) is 21.9. The van der Waals surface area contributed by atoms with Crippen LogP contribution in [0.1, 0.15) is 33.4 Å². The van der Waals surface area contributed by atoms with Crippen molar-refractivity contribution in [1.82, 2.24) is 19.5 Å². The smallest absolute Gasteiger partial charge is 0.478 e. The summed E-state index contributed by atoms with van der Waals surface area (Å²) in [5.41, 5.74) is 5.32. The Hall–Kier alpha value is -3.62. The Morgan fingerprint density at radius 2 is 1.94 bits per heavy atom. The quantitative estimate of drug-likeness (QED) is 0.270. The van der Waals surface area contributed by atoms with Crippen LogP contribution in [0.5, 0.6) is 5.75 Å². The number of hydrogen-bond acceptors (Lipinski definition) is 11. The van der Waals surface area contributed by atoms with E-state index < -0.39 is 61.7 Å². The molecule has 1 fully saturated rings. The number of aromatic carboxylic acids is 2. The van der Waals surface area contributed by atoms with E-state index in [9.17, 15) is 24.2 Å². The molecule has 2 aromatic heterocycles. The Bertz CT molecular complexity index is 1310. The number of aliphatic hydroxyl groups excluding tert-OH is 1. The van der Waals surface area contributed by atoms with Crippen LogP contribution in [0.25, 0.3) is 11.2 Å². The summed E-state index contributed by atoms with van der Waals surface area (Å²) in [4.78, 5) is 44.4. The third-order valence-electron chi connectivity index (χ3n) is 4.98. The van der Waals surface area contributed by atoms with Gasteiger partial charge >= 0.3 is 19.8 Å². The van der Waals surface area contributed by atoms with E-state index in [0.29, 0.717) is 11.2 Å². The van der Waals surface area contributed by atoms with Gasteiger partial charge in [-0.25, -0.2) is 29.1 Å². The van der Waals surface area contributed by atoms with Crippen LogP contribution >= 0.6 is 7.82 Å². The molecule has 0 amide bonds. The van der Waals surface area contributed by atoms with Crippen molar-refractivity contribution in [2.75, 3.05) is 12.3 Å². The van der Waals surface area contributed by atoms with Crippen molar-refractivity contribution in [3.63, 3.8) is 0 Å². The number of fused-ring (bicyclic) bond motifs is 1. The highest BCUT2D eigenvalue weighted by Gasteiger charge is 2.38. The minimum atomic E-state index is -4.80. The zero-order valence-electron chi connectivity index (χ0n) is 17.1. The number of benzene rings is 1. The Labute approximate surface area is 190 Å². The Kier molecular flexibility index (Phi) is 6.20. The molecule has 1 aromatic carbocycles. The highest BCUT2D eigenvalue weighted by atomic mass is 31.2. The van der Waals surface area contributed by atoms with Crippen molar-refractivity contribution in [3.05, 3.63) is 42.0 Å². The number of aliphatic hydroxyl groups is 1. The summed E-state index contributed by atoms with van der Waals surface area (Å²) in [6.45, 7) is -0.547. The SMILES string of the molecule is Nc1ncnc2c1ncn2[C@H]1C[C@H](O)[C@@H](COP(=O)(O)Oc2ccc(C(=O)O)c(C(=O)O)c2)O1. The fourth-order valence-corrected chi connectivity index (χ4v) is 4.16. The molecule has 180 valence electrons. The van der Waals surface area contributed by atoms with Gasteiger partial charge in [-0.2, -0.15) is 0 Å². The number of carboxylic acids is 2. The molecule has 1 unspecified atom stereocenters. The Balaban J connectivity index is 1.42. The largest absolute Gasteiger partial charge is 0.527 e. The van der Waals surface area contributed by atoms with Crippen LogP contribution in [-0.4, -0.2) is 70.5 Å². The summed E-state index contributed by atoms with van der Waals surface area (Å²) in [5.74, 6) is -3.29. The number of aromatic nitrogens is 4. The van der Waals surface area contributed by atoms with Gasteiger partial charge in [-0.05, 0) is 18.2 Å². The van der Waals surface area contributed by atoms with E-state index in [-0.39, 0.29) is 12.2 Å². The first kappa shape index (κ1) is 23.5. The minimum Gasteiger partial charge on any atom is -0.478 e. The van der Waals surface area contributed by atoms with E-state index in [4.69, 9.17) is 29.7 Å². The summed E-state index contributed by atoms with van der Waals surface area (Å²) in [5, 5.41) is 28.5. The van der Waals surface area contributed by atoms with Crippen LogP contribution in [0, 0.1) is 0 Å². The van der Waals surface area contributed by atoms with E-state index in [2.05, 4.69) is 15.0 Å². The second-order valence-corrected chi connectivity index (χ2v) is 8.57. The predicted octanol–water partition coefficient (Wildman–Crippen LogP) is 0.649. The zero-order valence-corrected chi connectivity index (χ0v) is 18.0. The number of carbonyl (C=O) groups is 2. The molecule has 0 saturated carbocycles. The highest BCUT2D eigenvalue weighted by Crippen LogP contribution is 2.45. The number of phosphoric acid groups is 1. The maximum atomic E-state index is 12.3. The van der Waals surface area contributed by atoms with Gasteiger partial charge in [0.2, 0.25) is 0 Å². The molecule has 16 heteroatoms. The van der Waals surface area contributed by atoms with Crippen molar-refractivity contribution in [2.24, 2.45) is 0 Å². The zero-order chi connectivity index (χ0) is 24.6. The molecule has 1 aliphatic heterocycles. The lowest BCUT2D eigenvalue weighted by molar-refractivity contribution is -0.0420. The molecule has 3 heterocycles. The highest BCUT2D eigenvalue weighted by molar-refractivity contribution is 7.47. The lowest BCUT2D eigenvalue weighted by atomic mass is 10.1. The van der Waals surface area contributed by atoms with Gasteiger partial charge in [-0.15, -0.1) is 0 Å². The van der Waals surface area contributed by atoms with E-state index >= 15 is 0 Å². The van der Waals surface area contributed by atoms with Gasteiger partial charge in [-0.3, -0.25) is 14.0 Å².